The lowest BCUT2D eigenvalue weighted by Gasteiger charge is -2.28. The first kappa shape index (κ1) is 18.2. The van der Waals surface area contributed by atoms with E-state index in [4.69, 9.17) is 0 Å². The highest BCUT2D eigenvalue weighted by Crippen LogP contribution is 2.27. The summed E-state index contributed by atoms with van der Waals surface area (Å²) in [5.41, 5.74) is 6.66. The Balaban J connectivity index is 1.42. The van der Waals surface area contributed by atoms with Crippen LogP contribution in [0.15, 0.2) is 42.5 Å². The first-order valence-corrected chi connectivity index (χ1v) is 10.3. The maximum atomic E-state index is 11.6. The molecule has 0 aromatic heterocycles. The molecule has 27 heavy (non-hydrogen) atoms. The van der Waals surface area contributed by atoms with Gasteiger partial charge in [-0.25, -0.2) is 0 Å². The van der Waals surface area contributed by atoms with E-state index in [9.17, 15) is 4.79 Å². The van der Waals surface area contributed by atoms with Crippen molar-refractivity contribution in [2.45, 2.75) is 52.1 Å². The van der Waals surface area contributed by atoms with Crippen LogP contribution >= 0.6 is 0 Å². The molecule has 0 spiro atoms. The second-order valence-corrected chi connectivity index (χ2v) is 8.15. The average Bonchev–Trinajstić information content (AvgIpc) is 3.10. The molecule has 3 heteroatoms. The number of rotatable bonds is 4. The predicted molar refractivity (Wildman–Crippen MR) is 111 cm³/mol. The van der Waals surface area contributed by atoms with E-state index in [0.29, 0.717) is 0 Å². The molecule has 0 radical (unpaired) electrons. The summed E-state index contributed by atoms with van der Waals surface area (Å²) in [5, 5.41) is 0. The van der Waals surface area contributed by atoms with Crippen molar-refractivity contribution in [2.75, 3.05) is 19.6 Å². The van der Waals surface area contributed by atoms with E-state index in [0.717, 1.165) is 32.0 Å². The minimum Gasteiger partial charge on any atom is -0.338 e. The van der Waals surface area contributed by atoms with Gasteiger partial charge in [0.05, 0.1) is 0 Å². The molecule has 4 rings (SSSR count). The van der Waals surface area contributed by atoms with Crippen molar-refractivity contribution in [1.82, 2.24) is 9.80 Å². The quantitative estimate of drug-likeness (QED) is 0.810. The second-order valence-electron chi connectivity index (χ2n) is 8.15. The first-order valence-electron chi connectivity index (χ1n) is 10.3. The molecule has 1 saturated heterocycles. The van der Waals surface area contributed by atoms with Gasteiger partial charge >= 0.3 is 0 Å². The number of carbonyl (C=O) groups is 1. The van der Waals surface area contributed by atoms with Gasteiger partial charge in [-0.15, -0.1) is 0 Å². The van der Waals surface area contributed by atoms with Gasteiger partial charge in [-0.2, -0.15) is 0 Å². The van der Waals surface area contributed by atoms with Crippen LogP contribution in [0, 0.1) is 0 Å². The fourth-order valence-electron chi connectivity index (χ4n) is 4.46. The minimum atomic E-state index is 0.170. The summed E-state index contributed by atoms with van der Waals surface area (Å²) in [6.45, 7) is 8.02. The number of amides is 1. The number of fused-ring (bicyclic) bond motifs is 1. The third-order valence-electron chi connectivity index (χ3n) is 6.33. The maximum absolute atomic E-state index is 11.6. The van der Waals surface area contributed by atoms with Crippen LogP contribution in [-0.4, -0.2) is 41.4 Å². The predicted octanol–water partition coefficient (Wildman–Crippen LogP) is 4.29. The third-order valence-corrected chi connectivity index (χ3v) is 6.33. The molecule has 1 amide bonds. The third kappa shape index (κ3) is 4.08. The fraction of sp³-hybridized carbons (Fsp3) is 0.458. The van der Waals surface area contributed by atoms with Crippen LogP contribution < -0.4 is 0 Å². The number of hydrogen-bond donors (Lipinski definition) is 0. The van der Waals surface area contributed by atoms with Crippen molar-refractivity contribution in [1.29, 1.82) is 0 Å². The van der Waals surface area contributed by atoms with Crippen LogP contribution in [0.2, 0.25) is 0 Å². The lowest BCUT2D eigenvalue weighted by atomic mass is 9.94. The van der Waals surface area contributed by atoms with Gasteiger partial charge in [0, 0.05) is 32.6 Å². The highest BCUT2D eigenvalue weighted by molar-refractivity contribution is 5.74. The standard InChI is InChI=1S/C24H30N2O/c1-18-4-3-13-25(18)14-11-20-5-7-21(8-6-20)22-9-10-24-17-26(19(2)27)15-12-23(24)16-22/h5-10,16,18H,3-4,11-15,17H2,1-2H3/t18-/m1/s1. The molecule has 0 saturated carbocycles. The van der Waals surface area contributed by atoms with Crippen molar-refractivity contribution in [3.8, 4) is 11.1 Å². The van der Waals surface area contributed by atoms with Crippen LogP contribution in [-0.2, 0) is 24.2 Å². The monoisotopic (exact) mass is 362 g/mol. The summed E-state index contributed by atoms with van der Waals surface area (Å²) in [6, 6.07) is 16.5. The Bertz CT molecular complexity index is 812. The van der Waals surface area contributed by atoms with Gasteiger partial charge in [0.25, 0.3) is 0 Å². The normalized spacial score (nSPS) is 19.9. The number of hydrogen-bond acceptors (Lipinski definition) is 2. The first-order chi connectivity index (χ1) is 13.1. The zero-order valence-corrected chi connectivity index (χ0v) is 16.6. The molecule has 0 bridgehead atoms. The highest BCUT2D eigenvalue weighted by atomic mass is 16.2. The van der Waals surface area contributed by atoms with E-state index in [1.165, 1.54) is 53.7 Å². The summed E-state index contributed by atoms with van der Waals surface area (Å²) < 4.78 is 0. The van der Waals surface area contributed by atoms with Gasteiger partial charge < -0.3 is 9.80 Å². The number of nitrogens with zero attached hydrogens (tertiary/aromatic N) is 2. The molecule has 142 valence electrons. The van der Waals surface area contributed by atoms with Crippen molar-refractivity contribution >= 4 is 5.91 Å². The molecule has 0 aliphatic carbocycles. The van der Waals surface area contributed by atoms with Crippen molar-refractivity contribution < 1.29 is 4.79 Å². The molecular formula is C24H30N2O. The fourth-order valence-corrected chi connectivity index (χ4v) is 4.46. The molecule has 0 unspecified atom stereocenters. The lowest BCUT2D eigenvalue weighted by Crippen LogP contribution is -2.34. The number of likely N-dealkylation sites (tertiary alicyclic amines) is 1. The van der Waals surface area contributed by atoms with Crippen molar-refractivity contribution in [2.24, 2.45) is 0 Å². The van der Waals surface area contributed by atoms with Crippen LogP contribution in [0.4, 0.5) is 0 Å². The number of carbonyl (C=O) groups excluding carboxylic acids is 1. The van der Waals surface area contributed by atoms with E-state index in [2.05, 4.69) is 54.3 Å². The van der Waals surface area contributed by atoms with Crippen LogP contribution in [0.1, 0.15) is 43.4 Å². The Hall–Kier alpha value is -2.13. The summed E-state index contributed by atoms with van der Waals surface area (Å²) >= 11 is 0. The maximum Gasteiger partial charge on any atom is 0.219 e. The minimum absolute atomic E-state index is 0.170. The molecule has 1 fully saturated rings. The average molecular weight is 363 g/mol. The molecular weight excluding hydrogens is 332 g/mol. The molecule has 2 aliphatic heterocycles. The largest absolute Gasteiger partial charge is 0.338 e. The Labute approximate surface area is 163 Å². The Morgan fingerprint density at radius 2 is 1.81 bits per heavy atom. The van der Waals surface area contributed by atoms with Gasteiger partial charge in [0.2, 0.25) is 5.91 Å². The zero-order chi connectivity index (χ0) is 18.8. The van der Waals surface area contributed by atoms with Gasteiger partial charge in [0.15, 0.2) is 0 Å². The molecule has 2 aliphatic rings. The van der Waals surface area contributed by atoms with Crippen LogP contribution in [0.25, 0.3) is 11.1 Å². The van der Waals surface area contributed by atoms with Crippen molar-refractivity contribution in [3.05, 3.63) is 59.2 Å². The summed E-state index contributed by atoms with van der Waals surface area (Å²) in [7, 11) is 0. The number of benzene rings is 2. The summed E-state index contributed by atoms with van der Waals surface area (Å²) in [5.74, 6) is 0.170. The topological polar surface area (TPSA) is 23.6 Å². The lowest BCUT2D eigenvalue weighted by molar-refractivity contribution is -0.129. The van der Waals surface area contributed by atoms with Crippen LogP contribution in [0.3, 0.4) is 0 Å². The van der Waals surface area contributed by atoms with Gasteiger partial charge in [0.1, 0.15) is 0 Å². The smallest absolute Gasteiger partial charge is 0.219 e. The van der Waals surface area contributed by atoms with E-state index in [1.54, 1.807) is 6.92 Å². The van der Waals surface area contributed by atoms with Crippen molar-refractivity contribution in [3.63, 3.8) is 0 Å². The van der Waals surface area contributed by atoms with E-state index < -0.39 is 0 Å². The molecule has 1 atom stereocenters. The van der Waals surface area contributed by atoms with Crippen LogP contribution in [0.5, 0.6) is 0 Å². The van der Waals surface area contributed by atoms with E-state index in [1.807, 2.05) is 4.90 Å². The van der Waals surface area contributed by atoms with Gasteiger partial charge in [-0.3, -0.25) is 4.79 Å². The van der Waals surface area contributed by atoms with Gasteiger partial charge in [-0.1, -0.05) is 42.5 Å². The molecule has 2 heterocycles. The molecule has 3 nitrogen and oxygen atoms in total. The molecule has 0 N–H and O–H groups in total. The Kier molecular flexibility index (Phi) is 5.31. The SMILES string of the molecule is CC(=O)N1CCc2cc(-c3ccc(CCN4CCC[C@H]4C)cc3)ccc2C1. The van der Waals surface area contributed by atoms with E-state index >= 15 is 0 Å². The van der Waals surface area contributed by atoms with E-state index in [-0.39, 0.29) is 5.91 Å². The Morgan fingerprint density at radius 1 is 1.04 bits per heavy atom. The zero-order valence-electron chi connectivity index (χ0n) is 16.6. The molecule has 2 aromatic rings. The Morgan fingerprint density at radius 3 is 2.52 bits per heavy atom. The molecule has 2 aromatic carbocycles. The summed E-state index contributed by atoms with van der Waals surface area (Å²) in [6.07, 6.45) is 4.79. The highest BCUT2D eigenvalue weighted by Gasteiger charge is 2.20. The van der Waals surface area contributed by atoms with Gasteiger partial charge in [-0.05, 0) is 67.0 Å². The second kappa shape index (κ2) is 7.85. The summed E-state index contributed by atoms with van der Waals surface area (Å²) in [4.78, 5) is 16.1.